The van der Waals surface area contributed by atoms with Gasteiger partial charge in [-0.1, -0.05) is 23.2 Å². The molecule has 2 N–H and O–H groups in total. The van der Waals surface area contributed by atoms with Gasteiger partial charge in [0.05, 0.1) is 5.02 Å². The maximum absolute atomic E-state index is 12.7. The van der Waals surface area contributed by atoms with Gasteiger partial charge in [0.25, 0.3) is 0 Å². The summed E-state index contributed by atoms with van der Waals surface area (Å²) in [6.07, 6.45) is -4.93. The number of ether oxygens (including phenoxy) is 1. The third-order valence-electron chi connectivity index (χ3n) is 2.73. The van der Waals surface area contributed by atoms with E-state index in [9.17, 15) is 18.0 Å². The number of hydrogen-bond acceptors (Lipinski definition) is 3. The molecule has 0 spiro atoms. The van der Waals surface area contributed by atoms with E-state index in [0.717, 1.165) is 0 Å². The molecule has 21 heavy (non-hydrogen) atoms. The van der Waals surface area contributed by atoms with Gasteiger partial charge in [-0.25, -0.2) is 4.79 Å². The summed E-state index contributed by atoms with van der Waals surface area (Å²) < 4.78 is 43.2. The van der Waals surface area contributed by atoms with Crippen LogP contribution in [0.5, 0.6) is 5.75 Å². The second-order valence-corrected chi connectivity index (χ2v) is 5.12. The molecule has 1 atom stereocenters. The second kappa shape index (κ2) is 6.72. The molecule has 0 bridgehead atoms. The quantitative estimate of drug-likeness (QED) is 0.776. The lowest BCUT2D eigenvalue weighted by atomic mass is 10.0. The number of aliphatic carboxylic acids is 1. The SMILES string of the molecule is CC(NCCOc1ccc(Cl)cc1Cl)(C(=O)O)C(F)(F)F. The molecule has 0 aliphatic heterocycles. The second-order valence-electron chi connectivity index (χ2n) is 4.28. The Morgan fingerprint density at radius 2 is 2.00 bits per heavy atom. The molecule has 0 heterocycles. The van der Waals surface area contributed by atoms with Gasteiger partial charge in [-0.05, 0) is 25.1 Å². The van der Waals surface area contributed by atoms with Crippen LogP contribution in [0, 0.1) is 0 Å². The molecule has 0 aromatic heterocycles. The predicted octanol–water partition coefficient (Wildman–Crippen LogP) is 3.37. The minimum absolute atomic E-state index is 0.194. The summed E-state index contributed by atoms with van der Waals surface area (Å²) in [7, 11) is 0. The predicted molar refractivity (Wildman–Crippen MR) is 72.1 cm³/mol. The Morgan fingerprint density at radius 1 is 1.38 bits per heavy atom. The maximum atomic E-state index is 12.7. The summed E-state index contributed by atoms with van der Waals surface area (Å²) >= 11 is 11.5. The normalized spacial score (nSPS) is 14.6. The summed E-state index contributed by atoms with van der Waals surface area (Å²) in [6.45, 7) is 0.0200. The highest BCUT2D eigenvalue weighted by Gasteiger charge is 2.57. The van der Waals surface area contributed by atoms with Crippen LogP contribution in [-0.2, 0) is 4.79 Å². The van der Waals surface area contributed by atoms with Gasteiger partial charge in [0.1, 0.15) is 12.4 Å². The Morgan fingerprint density at radius 3 is 2.48 bits per heavy atom. The van der Waals surface area contributed by atoms with Crippen molar-refractivity contribution in [1.82, 2.24) is 5.32 Å². The van der Waals surface area contributed by atoms with Crippen molar-refractivity contribution in [1.29, 1.82) is 0 Å². The Balaban J connectivity index is 2.58. The number of alkyl halides is 3. The van der Waals surface area contributed by atoms with Crippen LogP contribution in [0.4, 0.5) is 13.2 Å². The average molecular weight is 346 g/mol. The van der Waals surface area contributed by atoms with E-state index in [1.54, 1.807) is 0 Å². The van der Waals surface area contributed by atoms with Crippen LogP contribution >= 0.6 is 23.2 Å². The molecule has 118 valence electrons. The third kappa shape index (κ3) is 4.39. The topological polar surface area (TPSA) is 58.6 Å². The number of benzene rings is 1. The van der Waals surface area contributed by atoms with Crippen LogP contribution in [0.3, 0.4) is 0 Å². The van der Waals surface area contributed by atoms with Crippen LogP contribution in [-0.4, -0.2) is 35.9 Å². The molecule has 0 aliphatic rings. The molecule has 1 unspecified atom stereocenters. The highest BCUT2D eigenvalue weighted by atomic mass is 35.5. The minimum atomic E-state index is -4.93. The van der Waals surface area contributed by atoms with Crippen LogP contribution in [0.1, 0.15) is 6.92 Å². The molecule has 0 saturated heterocycles. The molecule has 4 nitrogen and oxygen atoms in total. The molecule has 1 rings (SSSR count). The first-order valence-corrected chi connectivity index (χ1v) is 6.46. The van der Waals surface area contributed by atoms with E-state index in [1.807, 2.05) is 5.32 Å². The van der Waals surface area contributed by atoms with Crippen LogP contribution in [0.2, 0.25) is 10.0 Å². The Labute approximate surface area is 128 Å². The maximum Gasteiger partial charge on any atom is 0.417 e. The zero-order chi connectivity index (χ0) is 16.3. The molecule has 9 heteroatoms. The summed E-state index contributed by atoms with van der Waals surface area (Å²) in [6, 6.07) is 4.39. The van der Waals surface area contributed by atoms with Gasteiger partial charge in [0.2, 0.25) is 5.54 Å². The van der Waals surface area contributed by atoms with Crippen LogP contribution < -0.4 is 10.1 Å². The van der Waals surface area contributed by atoms with E-state index in [2.05, 4.69) is 0 Å². The lowest BCUT2D eigenvalue weighted by Gasteiger charge is -2.28. The van der Waals surface area contributed by atoms with Gasteiger partial charge in [-0.3, -0.25) is 5.32 Å². The summed E-state index contributed by atoms with van der Waals surface area (Å²) in [5.74, 6) is -1.77. The molecule has 1 aromatic rings. The van der Waals surface area contributed by atoms with Crippen LogP contribution in [0.15, 0.2) is 18.2 Å². The van der Waals surface area contributed by atoms with Crippen molar-refractivity contribution in [3.63, 3.8) is 0 Å². The Kier molecular flexibility index (Phi) is 5.72. The van der Waals surface area contributed by atoms with Gasteiger partial charge < -0.3 is 9.84 Å². The largest absolute Gasteiger partial charge is 0.491 e. The van der Waals surface area contributed by atoms with Gasteiger partial charge in [-0.2, -0.15) is 13.2 Å². The Bertz CT molecular complexity index is 525. The lowest BCUT2D eigenvalue weighted by Crippen LogP contribution is -2.60. The van der Waals surface area contributed by atoms with E-state index in [1.165, 1.54) is 18.2 Å². The fourth-order valence-electron chi connectivity index (χ4n) is 1.35. The minimum Gasteiger partial charge on any atom is -0.491 e. The number of halogens is 5. The van der Waals surface area contributed by atoms with Crippen molar-refractivity contribution in [3.05, 3.63) is 28.2 Å². The molecular weight excluding hydrogens is 334 g/mol. The fraction of sp³-hybridized carbons (Fsp3) is 0.417. The van der Waals surface area contributed by atoms with Crippen molar-refractivity contribution in [2.24, 2.45) is 0 Å². The number of hydrogen-bond donors (Lipinski definition) is 2. The van der Waals surface area contributed by atoms with Crippen LogP contribution in [0.25, 0.3) is 0 Å². The highest BCUT2D eigenvalue weighted by molar-refractivity contribution is 6.35. The summed E-state index contributed by atoms with van der Waals surface area (Å²) in [4.78, 5) is 10.8. The highest BCUT2D eigenvalue weighted by Crippen LogP contribution is 2.30. The standard InChI is InChI=1S/C12H12Cl2F3NO3/c1-11(10(19)20,12(15,16)17)18-4-5-21-9-3-2-7(13)6-8(9)14/h2-3,6,18H,4-5H2,1H3,(H,19,20). The van der Waals surface area contributed by atoms with Crippen molar-refractivity contribution >= 4 is 29.2 Å². The van der Waals surface area contributed by atoms with Crippen molar-refractivity contribution < 1.29 is 27.8 Å². The number of carboxylic acids is 1. The van der Waals surface area contributed by atoms with E-state index < -0.39 is 17.7 Å². The van der Waals surface area contributed by atoms with Gasteiger partial charge in [0.15, 0.2) is 0 Å². The van der Waals surface area contributed by atoms with Crippen molar-refractivity contribution in [2.45, 2.75) is 18.6 Å². The van der Waals surface area contributed by atoms with Gasteiger partial charge in [-0.15, -0.1) is 0 Å². The molecule has 0 fully saturated rings. The van der Waals surface area contributed by atoms with E-state index in [0.29, 0.717) is 11.9 Å². The fourth-order valence-corrected chi connectivity index (χ4v) is 1.81. The number of rotatable bonds is 6. The van der Waals surface area contributed by atoms with Gasteiger partial charge >= 0.3 is 12.1 Å². The first-order chi connectivity index (χ1) is 9.58. The smallest absolute Gasteiger partial charge is 0.417 e. The molecular formula is C12H12Cl2F3NO3. The summed E-state index contributed by atoms with van der Waals surface area (Å²) in [5.41, 5.74) is -3.04. The number of carboxylic acid groups (broad SMARTS) is 1. The number of carbonyl (C=O) groups is 1. The lowest BCUT2D eigenvalue weighted by molar-refractivity contribution is -0.206. The zero-order valence-electron chi connectivity index (χ0n) is 10.8. The summed E-state index contributed by atoms with van der Waals surface area (Å²) in [5, 5.41) is 11.2. The first kappa shape index (κ1) is 17.9. The van der Waals surface area contributed by atoms with Crippen molar-refractivity contribution in [2.75, 3.05) is 13.2 Å². The average Bonchev–Trinajstić information content (AvgIpc) is 2.34. The third-order valence-corrected chi connectivity index (χ3v) is 3.26. The van der Waals surface area contributed by atoms with E-state index in [4.69, 9.17) is 33.0 Å². The zero-order valence-corrected chi connectivity index (χ0v) is 12.3. The molecule has 0 amide bonds. The monoisotopic (exact) mass is 345 g/mol. The Hall–Kier alpha value is -1.18. The van der Waals surface area contributed by atoms with Crippen molar-refractivity contribution in [3.8, 4) is 5.75 Å². The molecule has 0 aliphatic carbocycles. The van der Waals surface area contributed by atoms with E-state index >= 15 is 0 Å². The number of nitrogens with one attached hydrogen (secondary N) is 1. The molecule has 0 radical (unpaired) electrons. The first-order valence-electron chi connectivity index (χ1n) is 5.71. The molecule has 1 aromatic carbocycles. The van der Waals surface area contributed by atoms with Gasteiger partial charge in [0, 0.05) is 11.6 Å². The molecule has 0 saturated carbocycles. The van der Waals surface area contributed by atoms with E-state index in [-0.39, 0.29) is 23.9 Å².